The molecule has 0 spiro atoms. The second kappa shape index (κ2) is 14.5. The Balaban J connectivity index is 0.000000641. The summed E-state index contributed by atoms with van der Waals surface area (Å²) in [4.78, 5) is 21.5. The average Bonchev–Trinajstić information content (AvgIpc) is 2.83. The number of carbonyl (C=O) groups is 2. The third-order valence-electron chi connectivity index (χ3n) is 4.84. The van der Waals surface area contributed by atoms with Gasteiger partial charge in [-0.1, -0.05) is 84.2 Å². The molecule has 0 fully saturated rings. The first-order chi connectivity index (χ1) is 16.8. The molecule has 0 radical (unpaired) electrons. The van der Waals surface area contributed by atoms with E-state index in [1.54, 1.807) is 18.3 Å². The largest absolute Gasteiger partial charge is 0.365 e. The second-order valence-corrected chi connectivity index (χ2v) is 8.59. The van der Waals surface area contributed by atoms with Gasteiger partial charge in [-0.15, -0.1) is 0 Å². The average molecular weight is 535 g/mol. The first-order valence-corrected chi connectivity index (χ1v) is 11.7. The molecule has 9 heteroatoms. The highest BCUT2D eigenvalue weighted by Gasteiger charge is 2.20. The SMILES string of the molecule is CC(=O)N(/N=C/c1ccccc1)c1cc(Cl)c(C(C)c2ccc(Cl)cc2)c(Cl)c1.COCNC=O. The monoisotopic (exact) mass is 533 g/mol. The molecule has 3 rings (SSSR count). The minimum absolute atomic E-state index is 0.0417. The standard InChI is InChI=1S/C23H19Cl3N2O.C3H7NO2/c1-15(18-8-10-19(24)11-9-18)23-21(25)12-20(13-22(23)26)28(16(2)29)27-14-17-6-4-3-5-7-17;1-6-3-4-2-5/h3-15H,1-2H3;2H,3H2,1H3,(H,4,5)/b27-14+;. The van der Waals surface area contributed by atoms with Crippen molar-refractivity contribution in [3.8, 4) is 0 Å². The van der Waals surface area contributed by atoms with Crippen molar-refractivity contribution in [2.75, 3.05) is 18.8 Å². The Morgan fingerprint density at radius 1 is 1.06 bits per heavy atom. The Morgan fingerprint density at radius 3 is 2.14 bits per heavy atom. The minimum Gasteiger partial charge on any atom is -0.365 e. The van der Waals surface area contributed by atoms with Crippen LogP contribution in [0.2, 0.25) is 15.1 Å². The second-order valence-electron chi connectivity index (χ2n) is 7.34. The lowest BCUT2D eigenvalue weighted by molar-refractivity contribution is -0.116. The van der Waals surface area contributed by atoms with Crippen LogP contribution in [0, 0.1) is 0 Å². The predicted octanol–water partition coefficient (Wildman–Crippen LogP) is 6.52. The third-order valence-corrected chi connectivity index (χ3v) is 5.72. The molecule has 35 heavy (non-hydrogen) atoms. The Morgan fingerprint density at radius 2 is 1.66 bits per heavy atom. The van der Waals surface area contributed by atoms with E-state index >= 15 is 0 Å². The quantitative estimate of drug-likeness (QED) is 0.118. The molecule has 6 nitrogen and oxygen atoms in total. The van der Waals surface area contributed by atoms with Crippen molar-refractivity contribution in [3.63, 3.8) is 0 Å². The smallest absolute Gasteiger partial charge is 0.244 e. The number of hydrogen-bond acceptors (Lipinski definition) is 4. The van der Waals surface area contributed by atoms with E-state index in [1.807, 2.05) is 61.5 Å². The molecule has 3 aromatic carbocycles. The highest BCUT2D eigenvalue weighted by Crippen LogP contribution is 2.39. The van der Waals surface area contributed by atoms with Gasteiger partial charge >= 0.3 is 0 Å². The van der Waals surface area contributed by atoms with Crippen LogP contribution in [0.4, 0.5) is 5.69 Å². The fourth-order valence-corrected chi connectivity index (χ4v) is 4.06. The summed E-state index contributed by atoms with van der Waals surface area (Å²) in [5.41, 5.74) is 3.21. The summed E-state index contributed by atoms with van der Waals surface area (Å²) in [6.07, 6.45) is 2.21. The number of hydrazone groups is 1. The molecule has 0 aliphatic carbocycles. The zero-order valence-corrected chi connectivity index (χ0v) is 21.8. The Bertz CT molecular complexity index is 1120. The van der Waals surface area contributed by atoms with Crippen LogP contribution in [0.5, 0.6) is 0 Å². The van der Waals surface area contributed by atoms with Gasteiger partial charge in [0, 0.05) is 35.0 Å². The van der Waals surface area contributed by atoms with E-state index in [2.05, 4.69) is 15.2 Å². The van der Waals surface area contributed by atoms with Crippen molar-refractivity contribution < 1.29 is 14.3 Å². The maximum absolute atomic E-state index is 12.2. The Kier molecular flexibility index (Phi) is 11.7. The van der Waals surface area contributed by atoms with E-state index in [4.69, 9.17) is 34.8 Å². The van der Waals surface area contributed by atoms with Crippen molar-refractivity contribution >= 4 is 59.0 Å². The number of benzene rings is 3. The topological polar surface area (TPSA) is 71.0 Å². The summed E-state index contributed by atoms with van der Waals surface area (Å²) in [6, 6.07) is 20.5. The molecule has 2 amide bonds. The maximum atomic E-state index is 12.2. The molecule has 184 valence electrons. The molecule has 1 atom stereocenters. The van der Waals surface area contributed by atoms with Gasteiger partial charge in [0.15, 0.2) is 0 Å². The number of nitrogens with one attached hydrogen (secondary N) is 1. The molecule has 1 unspecified atom stereocenters. The number of rotatable bonds is 8. The van der Waals surface area contributed by atoms with Crippen LogP contribution in [0.25, 0.3) is 0 Å². The highest BCUT2D eigenvalue weighted by molar-refractivity contribution is 6.36. The zero-order valence-electron chi connectivity index (χ0n) is 19.5. The van der Waals surface area contributed by atoms with Gasteiger partial charge < -0.3 is 10.1 Å². The summed E-state index contributed by atoms with van der Waals surface area (Å²) in [5, 5.41) is 9.50. The molecule has 0 saturated heterocycles. The van der Waals surface area contributed by atoms with Crippen LogP contribution in [0.1, 0.15) is 36.5 Å². The zero-order chi connectivity index (χ0) is 25.8. The normalized spacial score (nSPS) is 11.4. The number of methoxy groups -OCH3 is 1. The molecule has 0 bridgehead atoms. The number of ether oxygens (including phenoxy) is 1. The number of anilines is 1. The molecule has 0 aliphatic heterocycles. The van der Waals surface area contributed by atoms with Crippen LogP contribution < -0.4 is 10.3 Å². The summed E-state index contributed by atoms with van der Waals surface area (Å²) >= 11 is 19.1. The summed E-state index contributed by atoms with van der Waals surface area (Å²) < 4.78 is 4.44. The van der Waals surface area contributed by atoms with Crippen LogP contribution in [-0.2, 0) is 14.3 Å². The van der Waals surface area contributed by atoms with E-state index < -0.39 is 0 Å². The molecular weight excluding hydrogens is 509 g/mol. The number of nitrogens with zero attached hydrogens (tertiary/aromatic N) is 2. The van der Waals surface area contributed by atoms with Gasteiger partial charge in [-0.05, 0) is 41.0 Å². The lowest BCUT2D eigenvalue weighted by Crippen LogP contribution is -2.22. The van der Waals surface area contributed by atoms with Gasteiger partial charge in [-0.3, -0.25) is 9.59 Å². The van der Waals surface area contributed by atoms with E-state index in [9.17, 15) is 9.59 Å². The van der Waals surface area contributed by atoms with Gasteiger partial charge in [-0.2, -0.15) is 5.10 Å². The molecular formula is C26H26Cl3N3O3. The van der Waals surface area contributed by atoms with Crippen molar-refractivity contribution in [1.29, 1.82) is 0 Å². The van der Waals surface area contributed by atoms with Gasteiger partial charge in [-0.25, -0.2) is 5.01 Å². The molecule has 0 aromatic heterocycles. The van der Waals surface area contributed by atoms with Crippen molar-refractivity contribution in [2.45, 2.75) is 19.8 Å². The molecule has 0 aliphatic rings. The molecule has 1 N–H and O–H groups in total. The van der Waals surface area contributed by atoms with Crippen LogP contribution >= 0.6 is 34.8 Å². The Hall–Kier alpha value is -2.90. The summed E-state index contributed by atoms with van der Waals surface area (Å²) in [5.74, 6) is -0.289. The van der Waals surface area contributed by atoms with Crippen molar-refractivity contribution in [1.82, 2.24) is 5.32 Å². The highest BCUT2D eigenvalue weighted by atomic mass is 35.5. The number of amides is 2. The van der Waals surface area contributed by atoms with Crippen LogP contribution in [-0.4, -0.2) is 32.4 Å². The van der Waals surface area contributed by atoms with E-state index in [0.717, 1.165) is 16.7 Å². The fraction of sp³-hybridized carbons (Fsp3) is 0.192. The van der Waals surface area contributed by atoms with Crippen molar-refractivity contribution in [3.05, 3.63) is 98.5 Å². The lowest BCUT2D eigenvalue weighted by atomic mass is 9.93. The molecule has 3 aromatic rings. The predicted molar refractivity (Wildman–Crippen MR) is 144 cm³/mol. The minimum atomic E-state index is -0.247. The Labute approximate surface area is 220 Å². The van der Waals surface area contributed by atoms with Crippen molar-refractivity contribution in [2.24, 2.45) is 5.10 Å². The van der Waals surface area contributed by atoms with Gasteiger partial charge in [0.05, 0.1) is 11.9 Å². The van der Waals surface area contributed by atoms with E-state index in [1.165, 1.54) is 19.0 Å². The number of carbonyl (C=O) groups excluding carboxylic acids is 2. The van der Waals surface area contributed by atoms with Gasteiger partial charge in [0.2, 0.25) is 12.3 Å². The maximum Gasteiger partial charge on any atom is 0.244 e. The lowest BCUT2D eigenvalue weighted by Gasteiger charge is -2.20. The van der Waals surface area contributed by atoms with Crippen LogP contribution in [0.15, 0.2) is 71.8 Å². The van der Waals surface area contributed by atoms with Crippen LogP contribution in [0.3, 0.4) is 0 Å². The first-order valence-electron chi connectivity index (χ1n) is 10.6. The fourth-order valence-electron chi connectivity index (χ4n) is 3.14. The summed E-state index contributed by atoms with van der Waals surface area (Å²) in [6.45, 7) is 3.75. The number of hydrogen-bond donors (Lipinski definition) is 1. The molecule has 0 saturated carbocycles. The van der Waals surface area contributed by atoms with E-state index in [0.29, 0.717) is 33.9 Å². The summed E-state index contributed by atoms with van der Waals surface area (Å²) in [7, 11) is 1.51. The van der Waals surface area contributed by atoms with Gasteiger partial charge in [0.25, 0.3) is 0 Å². The van der Waals surface area contributed by atoms with E-state index in [-0.39, 0.29) is 11.8 Å². The first kappa shape index (κ1) is 28.3. The molecule has 0 heterocycles. The van der Waals surface area contributed by atoms with Gasteiger partial charge in [0.1, 0.15) is 6.73 Å². The number of halogens is 3. The third kappa shape index (κ3) is 8.67.